The summed E-state index contributed by atoms with van der Waals surface area (Å²) >= 11 is 0. The summed E-state index contributed by atoms with van der Waals surface area (Å²) in [7, 11) is 0. The highest BCUT2D eigenvalue weighted by Crippen LogP contribution is 2.17. The van der Waals surface area contributed by atoms with Crippen molar-refractivity contribution in [3.8, 4) is 0 Å². The molecular weight excluding hydrogens is 200 g/mol. The Labute approximate surface area is 99.4 Å². The molecule has 16 heavy (non-hydrogen) atoms. The topological polar surface area (TPSA) is 41.1 Å². The largest absolute Gasteiger partial charge is 0.355 e. The lowest BCUT2D eigenvalue weighted by Crippen LogP contribution is -2.39. The minimum Gasteiger partial charge on any atom is -0.355 e. The van der Waals surface area contributed by atoms with Crippen molar-refractivity contribution in [3.63, 3.8) is 0 Å². The van der Waals surface area contributed by atoms with E-state index in [0.29, 0.717) is 18.0 Å². The highest BCUT2D eigenvalue weighted by Gasteiger charge is 2.15. The van der Waals surface area contributed by atoms with Crippen LogP contribution in [0.3, 0.4) is 0 Å². The van der Waals surface area contributed by atoms with Gasteiger partial charge in [-0.3, -0.25) is 4.79 Å². The summed E-state index contributed by atoms with van der Waals surface area (Å²) in [6.45, 7) is 7.84. The standard InChI is InChI=1S/C13H26N2O/c1-13(2,3)8-9-14-12(16)10-15-11-6-4-5-7-11/h11,15H,4-10H2,1-3H3,(H,14,16). The maximum absolute atomic E-state index is 11.5. The first kappa shape index (κ1) is 13.5. The molecule has 1 aliphatic carbocycles. The Balaban J connectivity index is 2.02. The number of carbonyl (C=O) groups excluding carboxylic acids is 1. The maximum Gasteiger partial charge on any atom is 0.233 e. The van der Waals surface area contributed by atoms with Gasteiger partial charge in [0.15, 0.2) is 0 Å². The molecule has 0 aromatic carbocycles. The zero-order valence-corrected chi connectivity index (χ0v) is 10.9. The third kappa shape index (κ3) is 6.11. The first-order valence-corrected chi connectivity index (χ1v) is 6.47. The van der Waals surface area contributed by atoms with Crippen LogP contribution in [0.5, 0.6) is 0 Å². The van der Waals surface area contributed by atoms with E-state index in [0.717, 1.165) is 13.0 Å². The average Bonchev–Trinajstić information content (AvgIpc) is 2.65. The van der Waals surface area contributed by atoms with Gasteiger partial charge in [-0.15, -0.1) is 0 Å². The van der Waals surface area contributed by atoms with Gasteiger partial charge in [-0.2, -0.15) is 0 Å². The molecule has 0 atom stereocenters. The van der Waals surface area contributed by atoms with E-state index >= 15 is 0 Å². The molecule has 3 heteroatoms. The second-order valence-electron chi connectivity index (χ2n) is 6.02. The lowest BCUT2D eigenvalue weighted by Gasteiger charge is -2.18. The molecule has 1 rings (SSSR count). The summed E-state index contributed by atoms with van der Waals surface area (Å²) in [4.78, 5) is 11.5. The molecule has 94 valence electrons. The molecule has 0 heterocycles. The monoisotopic (exact) mass is 226 g/mol. The van der Waals surface area contributed by atoms with Gasteiger partial charge in [-0.05, 0) is 24.7 Å². The first-order chi connectivity index (χ1) is 7.47. The second kappa shape index (κ2) is 6.24. The number of hydrogen-bond acceptors (Lipinski definition) is 2. The molecule has 0 aliphatic heterocycles. The SMILES string of the molecule is CC(C)(C)CCNC(=O)CNC1CCCC1. The maximum atomic E-state index is 11.5. The van der Waals surface area contributed by atoms with Gasteiger partial charge < -0.3 is 10.6 Å². The normalized spacial score (nSPS) is 17.7. The second-order valence-corrected chi connectivity index (χ2v) is 6.02. The summed E-state index contributed by atoms with van der Waals surface area (Å²) in [6.07, 6.45) is 6.11. The van der Waals surface area contributed by atoms with E-state index in [4.69, 9.17) is 0 Å². The van der Waals surface area contributed by atoms with Gasteiger partial charge in [-0.1, -0.05) is 33.6 Å². The molecule has 2 N–H and O–H groups in total. The Kier molecular flexibility index (Phi) is 5.26. The summed E-state index contributed by atoms with van der Waals surface area (Å²) in [5.41, 5.74) is 0.298. The molecule has 0 aromatic heterocycles. The molecule has 0 aromatic rings. The van der Waals surface area contributed by atoms with E-state index in [9.17, 15) is 4.79 Å². The van der Waals surface area contributed by atoms with Crippen LogP contribution >= 0.6 is 0 Å². The third-order valence-corrected chi connectivity index (χ3v) is 3.10. The van der Waals surface area contributed by atoms with Crippen LogP contribution in [0.1, 0.15) is 52.9 Å². The van der Waals surface area contributed by atoms with Crippen molar-refractivity contribution in [2.45, 2.75) is 58.9 Å². The lowest BCUT2D eigenvalue weighted by atomic mass is 9.92. The Hall–Kier alpha value is -0.570. The molecule has 3 nitrogen and oxygen atoms in total. The predicted octanol–water partition coefficient (Wildman–Crippen LogP) is 2.07. The molecule has 1 aliphatic rings. The fourth-order valence-electron chi connectivity index (χ4n) is 2.01. The molecule has 0 radical (unpaired) electrons. The minimum absolute atomic E-state index is 0.135. The van der Waals surface area contributed by atoms with E-state index in [2.05, 4.69) is 31.4 Å². The Bertz CT molecular complexity index is 214. The molecule has 0 spiro atoms. The Morgan fingerprint density at radius 3 is 2.44 bits per heavy atom. The third-order valence-electron chi connectivity index (χ3n) is 3.10. The van der Waals surface area contributed by atoms with Crippen molar-refractivity contribution in [3.05, 3.63) is 0 Å². The van der Waals surface area contributed by atoms with E-state index in [1.807, 2.05) is 0 Å². The molecule has 0 saturated heterocycles. The van der Waals surface area contributed by atoms with E-state index in [1.165, 1.54) is 25.7 Å². The molecule has 0 bridgehead atoms. The van der Waals surface area contributed by atoms with Gasteiger partial charge in [0.25, 0.3) is 0 Å². The van der Waals surface area contributed by atoms with Crippen LogP contribution in [0, 0.1) is 5.41 Å². The lowest BCUT2D eigenvalue weighted by molar-refractivity contribution is -0.120. The van der Waals surface area contributed by atoms with E-state index < -0.39 is 0 Å². The van der Waals surface area contributed by atoms with Crippen LogP contribution < -0.4 is 10.6 Å². The quantitative estimate of drug-likeness (QED) is 0.753. The molecule has 1 amide bonds. The number of nitrogens with one attached hydrogen (secondary N) is 2. The summed E-state index contributed by atoms with van der Waals surface area (Å²) in [5, 5.41) is 6.28. The number of carbonyl (C=O) groups is 1. The van der Waals surface area contributed by atoms with Gasteiger partial charge in [0.05, 0.1) is 6.54 Å². The van der Waals surface area contributed by atoms with Crippen LogP contribution in [0.2, 0.25) is 0 Å². The Morgan fingerprint density at radius 1 is 1.25 bits per heavy atom. The summed E-state index contributed by atoms with van der Waals surface area (Å²) in [6, 6.07) is 0.577. The number of hydrogen-bond donors (Lipinski definition) is 2. The van der Waals surface area contributed by atoms with Crippen LogP contribution in [-0.2, 0) is 4.79 Å². The molecule has 0 unspecified atom stereocenters. The van der Waals surface area contributed by atoms with Crippen LogP contribution in [0.15, 0.2) is 0 Å². The van der Waals surface area contributed by atoms with Crippen molar-refractivity contribution in [2.75, 3.05) is 13.1 Å². The fourth-order valence-corrected chi connectivity index (χ4v) is 2.01. The number of rotatable bonds is 5. The molecule has 1 saturated carbocycles. The first-order valence-electron chi connectivity index (χ1n) is 6.47. The van der Waals surface area contributed by atoms with Gasteiger partial charge in [0.2, 0.25) is 5.91 Å². The van der Waals surface area contributed by atoms with Crippen LogP contribution in [-0.4, -0.2) is 25.0 Å². The van der Waals surface area contributed by atoms with Crippen molar-refractivity contribution in [2.24, 2.45) is 5.41 Å². The fraction of sp³-hybridized carbons (Fsp3) is 0.923. The predicted molar refractivity (Wildman–Crippen MR) is 67.3 cm³/mol. The van der Waals surface area contributed by atoms with Crippen LogP contribution in [0.25, 0.3) is 0 Å². The number of amides is 1. The zero-order valence-electron chi connectivity index (χ0n) is 10.9. The summed E-state index contributed by atoms with van der Waals surface area (Å²) < 4.78 is 0. The van der Waals surface area contributed by atoms with Gasteiger partial charge in [0.1, 0.15) is 0 Å². The van der Waals surface area contributed by atoms with Gasteiger partial charge in [-0.25, -0.2) is 0 Å². The highest BCUT2D eigenvalue weighted by atomic mass is 16.1. The molecule has 1 fully saturated rings. The average molecular weight is 226 g/mol. The highest BCUT2D eigenvalue weighted by molar-refractivity contribution is 5.77. The Morgan fingerprint density at radius 2 is 1.88 bits per heavy atom. The van der Waals surface area contributed by atoms with Crippen LogP contribution in [0.4, 0.5) is 0 Å². The van der Waals surface area contributed by atoms with Crippen molar-refractivity contribution < 1.29 is 4.79 Å². The van der Waals surface area contributed by atoms with Crippen molar-refractivity contribution >= 4 is 5.91 Å². The minimum atomic E-state index is 0.135. The van der Waals surface area contributed by atoms with Crippen molar-refractivity contribution in [1.82, 2.24) is 10.6 Å². The van der Waals surface area contributed by atoms with Gasteiger partial charge in [0, 0.05) is 12.6 Å². The van der Waals surface area contributed by atoms with Gasteiger partial charge >= 0.3 is 0 Å². The summed E-state index contributed by atoms with van der Waals surface area (Å²) in [5.74, 6) is 0.135. The zero-order chi connectivity index (χ0) is 12.0. The van der Waals surface area contributed by atoms with E-state index in [1.54, 1.807) is 0 Å². The van der Waals surface area contributed by atoms with Crippen molar-refractivity contribution in [1.29, 1.82) is 0 Å². The van der Waals surface area contributed by atoms with E-state index in [-0.39, 0.29) is 5.91 Å². The molecular formula is C13H26N2O. The smallest absolute Gasteiger partial charge is 0.233 e.